The van der Waals surface area contributed by atoms with Gasteiger partial charge in [-0.1, -0.05) is 0 Å². The molecule has 2 atom stereocenters. The molecular weight excluding hydrogens is 487 g/mol. The number of benzene rings is 2. The van der Waals surface area contributed by atoms with Gasteiger partial charge in [0.2, 0.25) is 5.82 Å². The minimum absolute atomic E-state index is 0.00282. The lowest BCUT2D eigenvalue weighted by Gasteiger charge is -2.27. The van der Waals surface area contributed by atoms with E-state index < -0.39 is 29.8 Å². The molecule has 12 heteroatoms. The maximum atomic E-state index is 14.5. The third-order valence-electron chi connectivity index (χ3n) is 6.50. The van der Waals surface area contributed by atoms with Gasteiger partial charge in [-0.3, -0.25) is 9.20 Å². The lowest BCUT2D eigenvalue weighted by atomic mass is 10.0. The number of ether oxygens (including phenoxy) is 1. The van der Waals surface area contributed by atoms with E-state index in [0.717, 1.165) is 23.9 Å². The highest BCUT2D eigenvalue weighted by molar-refractivity contribution is 6.02. The smallest absolute Gasteiger partial charge is 0.293 e. The van der Waals surface area contributed by atoms with Gasteiger partial charge in [0.1, 0.15) is 23.6 Å². The summed E-state index contributed by atoms with van der Waals surface area (Å²) in [4.78, 5) is 18.9. The topological polar surface area (TPSA) is 96.7 Å². The van der Waals surface area contributed by atoms with Crippen molar-refractivity contribution < 1.29 is 22.7 Å². The van der Waals surface area contributed by atoms with Gasteiger partial charge in [-0.25, -0.2) is 18.2 Å². The van der Waals surface area contributed by atoms with Crippen LogP contribution in [-0.2, 0) is 4.74 Å². The van der Waals surface area contributed by atoms with Gasteiger partial charge in [-0.15, -0.1) is 10.2 Å². The summed E-state index contributed by atoms with van der Waals surface area (Å²) in [6.07, 6.45) is 1.62. The fourth-order valence-corrected chi connectivity index (χ4v) is 4.59. The normalized spacial score (nSPS) is 19.7. The molecular formula is C25H22F3N7O2. The molecule has 2 aliphatic rings. The number of hydrogen-bond donors (Lipinski definition) is 2. The molecule has 2 aromatic heterocycles. The Morgan fingerprint density at radius 1 is 1.05 bits per heavy atom. The van der Waals surface area contributed by atoms with Crippen molar-refractivity contribution >= 4 is 28.7 Å². The van der Waals surface area contributed by atoms with Crippen molar-refractivity contribution in [1.82, 2.24) is 19.6 Å². The number of anilines is 3. The van der Waals surface area contributed by atoms with E-state index >= 15 is 0 Å². The van der Waals surface area contributed by atoms with E-state index in [1.54, 1.807) is 17.0 Å². The highest BCUT2D eigenvalue weighted by Gasteiger charge is 2.36. The average Bonchev–Trinajstić information content (AvgIpc) is 3.47. The van der Waals surface area contributed by atoms with E-state index in [0.29, 0.717) is 24.5 Å². The Balaban J connectivity index is 1.25. The van der Waals surface area contributed by atoms with Crippen LogP contribution in [0.4, 0.5) is 30.4 Å². The van der Waals surface area contributed by atoms with Crippen LogP contribution < -0.4 is 15.5 Å². The van der Waals surface area contributed by atoms with Crippen molar-refractivity contribution in [2.45, 2.75) is 24.7 Å². The third-order valence-corrected chi connectivity index (χ3v) is 6.50. The van der Waals surface area contributed by atoms with Gasteiger partial charge in [0.05, 0.1) is 44.2 Å². The van der Waals surface area contributed by atoms with E-state index in [1.165, 1.54) is 16.8 Å². The van der Waals surface area contributed by atoms with Gasteiger partial charge >= 0.3 is 0 Å². The van der Waals surface area contributed by atoms with Gasteiger partial charge in [0.15, 0.2) is 5.65 Å². The second-order valence-corrected chi connectivity index (χ2v) is 9.07. The van der Waals surface area contributed by atoms with Crippen molar-refractivity contribution in [2.75, 3.05) is 35.3 Å². The number of hydrogen-bond acceptors (Lipinski definition) is 7. The number of fused-ring (bicyclic) bond motifs is 1. The molecule has 1 amide bonds. The first-order valence-electron chi connectivity index (χ1n) is 11.8. The number of halogens is 3. The first kappa shape index (κ1) is 23.2. The number of nitrogens with one attached hydrogen (secondary N) is 2. The maximum Gasteiger partial charge on any atom is 0.293 e. The standard InChI is InChI=1S/C25H22F3N7O2/c26-14-1-6-20(28)19(7-14)21-8-15(27)10-34(21)23-11-35-22(9-29-23)32-33-24(35)25(36)31-17-4-2-16(3-5-17)30-18-12-37-13-18/h1-7,9,11,15,18,21,30H,8,10,12-13H2,(H,31,36)/t15-,21+/m0/s1. The molecule has 2 fully saturated rings. The van der Waals surface area contributed by atoms with Crippen molar-refractivity contribution in [2.24, 2.45) is 0 Å². The van der Waals surface area contributed by atoms with E-state index in [2.05, 4.69) is 25.8 Å². The molecule has 4 heterocycles. The number of aromatic nitrogens is 4. The lowest BCUT2D eigenvalue weighted by Crippen LogP contribution is -2.40. The van der Waals surface area contributed by atoms with Crippen LogP contribution in [0.25, 0.3) is 5.65 Å². The van der Waals surface area contributed by atoms with E-state index in [1.807, 2.05) is 12.1 Å². The molecule has 4 aromatic rings. The molecule has 0 aliphatic carbocycles. The monoisotopic (exact) mass is 509 g/mol. The first-order valence-corrected chi connectivity index (χ1v) is 11.8. The Hall–Kier alpha value is -4.19. The summed E-state index contributed by atoms with van der Waals surface area (Å²) < 4.78 is 49.4. The summed E-state index contributed by atoms with van der Waals surface area (Å²) in [5.41, 5.74) is 1.83. The predicted octanol–water partition coefficient (Wildman–Crippen LogP) is 3.76. The van der Waals surface area contributed by atoms with Crippen molar-refractivity contribution in [3.63, 3.8) is 0 Å². The number of amides is 1. The molecule has 190 valence electrons. The molecule has 0 radical (unpaired) electrons. The molecule has 6 rings (SSSR count). The van der Waals surface area contributed by atoms with E-state index in [-0.39, 0.29) is 36.2 Å². The molecule has 2 aromatic carbocycles. The molecule has 2 N–H and O–H groups in total. The Morgan fingerprint density at radius 3 is 2.59 bits per heavy atom. The van der Waals surface area contributed by atoms with Crippen molar-refractivity contribution in [3.8, 4) is 0 Å². The highest BCUT2D eigenvalue weighted by atomic mass is 19.1. The van der Waals surface area contributed by atoms with Crippen LogP contribution >= 0.6 is 0 Å². The number of alkyl halides is 1. The van der Waals surface area contributed by atoms with Gasteiger partial charge < -0.3 is 20.3 Å². The summed E-state index contributed by atoms with van der Waals surface area (Å²) in [5.74, 6) is -1.46. The quantitative estimate of drug-likeness (QED) is 0.409. The summed E-state index contributed by atoms with van der Waals surface area (Å²) >= 11 is 0. The molecule has 2 aliphatic heterocycles. The van der Waals surface area contributed by atoms with E-state index in [4.69, 9.17) is 4.74 Å². The molecule has 0 unspecified atom stereocenters. The van der Waals surface area contributed by atoms with Crippen LogP contribution in [-0.4, -0.2) is 57.5 Å². The molecule has 0 saturated carbocycles. The van der Waals surface area contributed by atoms with Crippen LogP contribution in [0.15, 0.2) is 54.9 Å². The zero-order valence-electron chi connectivity index (χ0n) is 19.4. The zero-order valence-corrected chi connectivity index (χ0v) is 19.4. The number of nitrogens with zero attached hydrogens (tertiary/aromatic N) is 5. The van der Waals surface area contributed by atoms with Gasteiger partial charge in [-0.2, -0.15) is 0 Å². The van der Waals surface area contributed by atoms with E-state index in [9.17, 15) is 18.0 Å². The molecule has 9 nitrogen and oxygen atoms in total. The lowest BCUT2D eigenvalue weighted by molar-refractivity contribution is 0.0211. The summed E-state index contributed by atoms with van der Waals surface area (Å²) in [7, 11) is 0. The summed E-state index contributed by atoms with van der Waals surface area (Å²) in [6, 6.07) is 9.87. The minimum Gasteiger partial charge on any atom is -0.378 e. The summed E-state index contributed by atoms with van der Waals surface area (Å²) in [5, 5.41) is 14.1. The highest BCUT2D eigenvalue weighted by Crippen LogP contribution is 2.38. The van der Waals surface area contributed by atoms with Crippen LogP contribution in [0.5, 0.6) is 0 Å². The molecule has 0 bridgehead atoms. The Kier molecular flexibility index (Phi) is 5.87. The van der Waals surface area contributed by atoms with Crippen LogP contribution in [0.1, 0.15) is 28.6 Å². The number of rotatable bonds is 6. The molecule has 0 spiro atoms. The number of carbonyl (C=O) groups is 1. The van der Waals surface area contributed by atoms with Crippen LogP contribution in [0.3, 0.4) is 0 Å². The largest absolute Gasteiger partial charge is 0.378 e. The fourth-order valence-electron chi connectivity index (χ4n) is 4.59. The summed E-state index contributed by atoms with van der Waals surface area (Å²) in [6.45, 7) is 1.27. The van der Waals surface area contributed by atoms with Gasteiger partial charge in [0.25, 0.3) is 5.91 Å². The second-order valence-electron chi connectivity index (χ2n) is 9.07. The minimum atomic E-state index is -1.26. The zero-order chi connectivity index (χ0) is 25.5. The SMILES string of the molecule is O=C(Nc1ccc(NC2COC2)cc1)c1nnc2cnc(N3C[C@@H](F)C[C@@H]3c3cc(F)ccc3F)cn12. The molecule has 37 heavy (non-hydrogen) atoms. The van der Waals surface area contributed by atoms with Crippen molar-refractivity contribution in [1.29, 1.82) is 0 Å². The second kappa shape index (κ2) is 9.36. The first-order chi connectivity index (χ1) is 17.9. The predicted molar refractivity (Wildman–Crippen MR) is 129 cm³/mol. The fraction of sp³-hybridized carbons (Fsp3) is 0.280. The van der Waals surface area contributed by atoms with Crippen LogP contribution in [0.2, 0.25) is 0 Å². The van der Waals surface area contributed by atoms with Gasteiger partial charge in [0, 0.05) is 23.4 Å². The Labute approximate surface area is 209 Å². The molecule has 2 saturated heterocycles. The third kappa shape index (κ3) is 4.55. The average molecular weight is 509 g/mol. The van der Waals surface area contributed by atoms with Crippen LogP contribution in [0, 0.1) is 11.6 Å². The maximum absolute atomic E-state index is 14.5. The Bertz CT molecular complexity index is 1460. The van der Waals surface area contributed by atoms with Crippen molar-refractivity contribution in [3.05, 3.63) is 77.9 Å². The number of carbonyl (C=O) groups excluding carboxylic acids is 1. The van der Waals surface area contributed by atoms with Gasteiger partial charge in [-0.05, 0) is 42.5 Å². The Morgan fingerprint density at radius 2 is 1.84 bits per heavy atom.